The fraction of sp³-hybridized carbons (Fsp3) is 0.440. The third-order valence-corrected chi connectivity index (χ3v) is 6.39. The Labute approximate surface area is 194 Å². The number of amides is 2. The first-order valence-electron chi connectivity index (χ1n) is 11.4. The second-order valence-corrected chi connectivity index (χ2v) is 9.00. The van der Waals surface area contributed by atoms with Crippen molar-refractivity contribution in [3.63, 3.8) is 0 Å². The Morgan fingerprint density at radius 3 is 2.64 bits per heavy atom. The van der Waals surface area contributed by atoms with Crippen LogP contribution in [-0.2, 0) is 4.74 Å². The molecule has 8 nitrogen and oxygen atoms in total. The van der Waals surface area contributed by atoms with Crippen molar-refractivity contribution in [2.24, 2.45) is 5.92 Å². The average Bonchev–Trinajstić information content (AvgIpc) is 2.82. The van der Waals surface area contributed by atoms with E-state index in [1.807, 2.05) is 43.3 Å². The van der Waals surface area contributed by atoms with Gasteiger partial charge in [0.15, 0.2) is 0 Å². The highest BCUT2D eigenvalue weighted by molar-refractivity contribution is 5.88. The fourth-order valence-electron chi connectivity index (χ4n) is 4.69. The molecular formula is C25H32N4O4. The van der Waals surface area contributed by atoms with Crippen LogP contribution in [-0.4, -0.2) is 61.8 Å². The number of nitrogens with zero attached hydrogens (tertiary/aromatic N) is 1. The average molecular weight is 453 g/mol. The normalized spacial score (nSPS) is 23.7. The summed E-state index contributed by atoms with van der Waals surface area (Å²) in [5, 5.41) is 18.9. The number of hydrogen-bond donors (Lipinski definition) is 4. The molecule has 2 heterocycles. The predicted molar refractivity (Wildman–Crippen MR) is 127 cm³/mol. The Hall–Kier alpha value is -3.10. The molecule has 176 valence electrons. The van der Waals surface area contributed by atoms with E-state index < -0.39 is 5.97 Å². The standard InChI is InChI=1S/C25H32N4O4/c1-29(2)13-12-26-25(32)27-15-18-9-10-19-22(16-6-4-3-5-7-16)28-21-11-8-17(24(30)31)14-20(21)23(19)33-18/h3-8,11,14,18-19,22-23,28H,9-10,12-13,15H2,1-2H3,(H,30,31)(H2,26,27,32)/t18-,19+,22+,23+/m1/s1. The van der Waals surface area contributed by atoms with Crippen LogP contribution in [0.2, 0.25) is 0 Å². The van der Waals surface area contributed by atoms with Gasteiger partial charge < -0.3 is 30.7 Å². The van der Waals surface area contributed by atoms with E-state index in [2.05, 4.69) is 28.1 Å². The topological polar surface area (TPSA) is 103 Å². The quantitative estimate of drug-likeness (QED) is 0.514. The van der Waals surface area contributed by atoms with Crippen molar-refractivity contribution in [3.05, 3.63) is 65.2 Å². The van der Waals surface area contributed by atoms with Crippen molar-refractivity contribution in [1.82, 2.24) is 15.5 Å². The third kappa shape index (κ3) is 5.46. The Morgan fingerprint density at radius 2 is 1.91 bits per heavy atom. The van der Waals surface area contributed by atoms with Gasteiger partial charge in [0.25, 0.3) is 0 Å². The summed E-state index contributed by atoms with van der Waals surface area (Å²) in [5.41, 5.74) is 3.19. The van der Waals surface area contributed by atoms with Gasteiger partial charge in [-0.2, -0.15) is 0 Å². The smallest absolute Gasteiger partial charge is 0.335 e. The van der Waals surface area contributed by atoms with Crippen LogP contribution in [0.5, 0.6) is 0 Å². The first kappa shape index (κ1) is 23.1. The predicted octanol–water partition coefficient (Wildman–Crippen LogP) is 3.25. The second-order valence-electron chi connectivity index (χ2n) is 9.00. The first-order chi connectivity index (χ1) is 15.9. The molecule has 2 aliphatic rings. The number of aromatic carboxylic acids is 1. The number of nitrogens with one attached hydrogen (secondary N) is 3. The molecule has 0 aliphatic carbocycles. The number of anilines is 1. The molecule has 0 saturated carbocycles. The lowest BCUT2D eigenvalue weighted by Crippen LogP contribution is -2.46. The molecule has 33 heavy (non-hydrogen) atoms. The SMILES string of the molecule is CN(C)CCNC(=O)NC[C@H]1CC[C@@H]2[C@H](O1)c1cc(C(=O)O)ccc1N[C@H]2c1ccccc1. The maximum absolute atomic E-state index is 12.1. The van der Waals surface area contributed by atoms with Crippen LogP contribution in [0, 0.1) is 5.92 Å². The van der Waals surface area contributed by atoms with E-state index in [4.69, 9.17) is 4.74 Å². The molecule has 4 rings (SSSR count). The zero-order chi connectivity index (χ0) is 23.4. The minimum Gasteiger partial charge on any atom is -0.478 e. The van der Waals surface area contributed by atoms with Gasteiger partial charge in [-0.15, -0.1) is 0 Å². The van der Waals surface area contributed by atoms with Crippen LogP contribution in [0.25, 0.3) is 0 Å². The van der Waals surface area contributed by atoms with Crippen LogP contribution in [0.15, 0.2) is 48.5 Å². The molecule has 0 aromatic heterocycles. The number of carboxylic acid groups (broad SMARTS) is 1. The number of rotatable bonds is 7. The van der Waals surface area contributed by atoms with Crippen molar-refractivity contribution in [1.29, 1.82) is 0 Å². The summed E-state index contributed by atoms with van der Waals surface area (Å²) in [5.74, 6) is -0.794. The molecule has 1 saturated heterocycles. The van der Waals surface area contributed by atoms with Crippen molar-refractivity contribution >= 4 is 17.7 Å². The molecule has 0 bridgehead atoms. The zero-order valence-electron chi connectivity index (χ0n) is 19.1. The monoisotopic (exact) mass is 452 g/mol. The number of hydrogen-bond acceptors (Lipinski definition) is 5. The summed E-state index contributed by atoms with van der Waals surface area (Å²) in [7, 11) is 3.92. The van der Waals surface area contributed by atoms with Crippen LogP contribution in [0.4, 0.5) is 10.5 Å². The third-order valence-electron chi connectivity index (χ3n) is 6.39. The highest BCUT2D eigenvalue weighted by Gasteiger charge is 2.42. The van der Waals surface area contributed by atoms with E-state index >= 15 is 0 Å². The molecule has 8 heteroatoms. The Balaban J connectivity index is 1.50. The number of carboxylic acids is 1. The van der Waals surface area contributed by atoms with Gasteiger partial charge in [0, 0.05) is 36.8 Å². The minimum atomic E-state index is -0.956. The molecule has 2 amide bonds. The lowest BCUT2D eigenvalue weighted by atomic mass is 9.76. The van der Waals surface area contributed by atoms with E-state index in [-0.39, 0.29) is 35.8 Å². The van der Waals surface area contributed by atoms with Crippen LogP contribution in [0.1, 0.15) is 46.5 Å². The molecule has 2 aliphatic heterocycles. The summed E-state index contributed by atoms with van der Waals surface area (Å²) in [6, 6.07) is 15.3. The first-order valence-corrected chi connectivity index (χ1v) is 11.4. The van der Waals surface area contributed by atoms with Crippen molar-refractivity contribution in [3.8, 4) is 0 Å². The van der Waals surface area contributed by atoms with Crippen LogP contribution < -0.4 is 16.0 Å². The van der Waals surface area contributed by atoms with Gasteiger partial charge in [-0.1, -0.05) is 30.3 Å². The van der Waals surface area contributed by atoms with Crippen LogP contribution in [0.3, 0.4) is 0 Å². The fourth-order valence-corrected chi connectivity index (χ4v) is 4.69. The molecule has 0 unspecified atom stereocenters. The Morgan fingerprint density at radius 1 is 1.12 bits per heavy atom. The number of fused-ring (bicyclic) bond motifs is 3. The largest absolute Gasteiger partial charge is 0.478 e. The second kappa shape index (κ2) is 10.2. The summed E-state index contributed by atoms with van der Waals surface area (Å²) < 4.78 is 6.51. The Kier molecular flexibility index (Phi) is 7.15. The summed E-state index contributed by atoms with van der Waals surface area (Å²) in [6.45, 7) is 1.76. The highest BCUT2D eigenvalue weighted by Crippen LogP contribution is 2.50. The zero-order valence-corrected chi connectivity index (χ0v) is 19.1. The van der Waals surface area contributed by atoms with E-state index in [1.54, 1.807) is 12.1 Å². The number of carbonyl (C=O) groups is 2. The maximum atomic E-state index is 12.1. The number of benzene rings is 2. The molecule has 1 fully saturated rings. The highest BCUT2D eigenvalue weighted by atomic mass is 16.5. The van der Waals surface area contributed by atoms with E-state index in [9.17, 15) is 14.7 Å². The molecule has 0 radical (unpaired) electrons. The van der Waals surface area contributed by atoms with Crippen molar-refractivity contribution < 1.29 is 19.4 Å². The minimum absolute atomic E-state index is 0.0719. The van der Waals surface area contributed by atoms with Gasteiger partial charge in [-0.05, 0) is 50.7 Å². The van der Waals surface area contributed by atoms with Crippen molar-refractivity contribution in [2.75, 3.05) is 39.0 Å². The van der Waals surface area contributed by atoms with E-state index in [1.165, 1.54) is 5.56 Å². The molecule has 4 N–H and O–H groups in total. The molecular weight excluding hydrogens is 420 g/mol. The van der Waals surface area contributed by atoms with E-state index in [0.29, 0.717) is 13.1 Å². The molecule has 4 atom stereocenters. The summed E-state index contributed by atoms with van der Waals surface area (Å²) >= 11 is 0. The number of likely N-dealkylation sites (N-methyl/N-ethyl adjacent to an activating group) is 1. The maximum Gasteiger partial charge on any atom is 0.335 e. The molecule has 2 aromatic carbocycles. The van der Waals surface area contributed by atoms with Crippen LogP contribution >= 0.6 is 0 Å². The van der Waals surface area contributed by atoms with Gasteiger partial charge >= 0.3 is 12.0 Å². The number of carbonyl (C=O) groups excluding carboxylic acids is 1. The lowest BCUT2D eigenvalue weighted by Gasteiger charge is -2.45. The van der Waals surface area contributed by atoms with Gasteiger partial charge in [0.05, 0.1) is 23.8 Å². The van der Waals surface area contributed by atoms with Crippen molar-refractivity contribution in [2.45, 2.75) is 31.1 Å². The van der Waals surface area contributed by atoms with E-state index in [0.717, 1.165) is 30.6 Å². The van der Waals surface area contributed by atoms with Gasteiger partial charge in [-0.25, -0.2) is 9.59 Å². The lowest BCUT2D eigenvalue weighted by molar-refractivity contribution is -0.0906. The Bertz CT molecular complexity index is 982. The van der Waals surface area contributed by atoms with Gasteiger partial charge in [0.1, 0.15) is 0 Å². The molecule has 0 spiro atoms. The number of urea groups is 1. The summed E-state index contributed by atoms with van der Waals surface area (Å²) in [6.07, 6.45) is 1.34. The molecule has 2 aromatic rings. The van der Waals surface area contributed by atoms with Gasteiger partial charge in [0.2, 0.25) is 0 Å². The number of ether oxygens (including phenoxy) is 1. The summed E-state index contributed by atoms with van der Waals surface area (Å²) in [4.78, 5) is 25.7. The van der Waals surface area contributed by atoms with Gasteiger partial charge in [-0.3, -0.25) is 0 Å².